The number of amides is 1. The molecule has 2 unspecified atom stereocenters. The summed E-state index contributed by atoms with van der Waals surface area (Å²) in [5.41, 5.74) is 6.64. The van der Waals surface area contributed by atoms with Gasteiger partial charge in [-0.05, 0) is 24.3 Å². The maximum Gasteiger partial charge on any atom is 0.237 e. The lowest BCUT2D eigenvalue weighted by molar-refractivity contribution is -0.129. The van der Waals surface area contributed by atoms with Crippen LogP contribution in [0.2, 0.25) is 0 Å². The normalized spacial score (nSPS) is 24.0. The van der Waals surface area contributed by atoms with Crippen molar-refractivity contribution in [3.8, 4) is 6.07 Å². The molecule has 0 spiro atoms. The molecule has 1 saturated heterocycles. The van der Waals surface area contributed by atoms with E-state index in [2.05, 4.69) is 30.3 Å². The summed E-state index contributed by atoms with van der Waals surface area (Å²) >= 11 is 0. The smallest absolute Gasteiger partial charge is 0.237 e. The first-order valence-electron chi connectivity index (χ1n) is 8.74. The van der Waals surface area contributed by atoms with E-state index >= 15 is 0 Å². The number of nitrogens with zero attached hydrogens (tertiary/aromatic N) is 2. The molecular weight excluding hydrogens is 305 g/mol. The zero-order valence-electron chi connectivity index (χ0n) is 14.0. The Morgan fingerprint density at radius 3 is 2.50 bits per heavy atom. The molecular formula is C19H26FN3O. The van der Waals surface area contributed by atoms with Crippen molar-refractivity contribution < 1.29 is 9.18 Å². The number of hydrogen-bond acceptors (Lipinski definition) is 3. The summed E-state index contributed by atoms with van der Waals surface area (Å²) in [6.45, 7) is -0.154. The number of alkyl halides is 1. The molecule has 2 fully saturated rings. The van der Waals surface area contributed by atoms with Gasteiger partial charge in [-0.1, -0.05) is 49.6 Å². The van der Waals surface area contributed by atoms with Gasteiger partial charge in [-0.25, -0.2) is 4.39 Å². The molecule has 0 bridgehead atoms. The average molecular weight is 331 g/mol. The summed E-state index contributed by atoms with van der Waals surface area (Å²) in [6.07, 6.45) is 6.16. The number of benzene rings is 1. The molecule has 1 heterocycles. The van der Waals surface area contributed by atoms with E-state index in [9.17, 15) is 9.18 Å². The van der Waals surface area contributed by atoms with Gasteiger partial charge in [0.05, 0.1) is 19.2 Å². The molecule has 2 aliphatic rings. The monoisotopic (exact) mass is 331 g/mol. The Morgan fingerprint density at radius 1 is 1.25 bits per heavy atom. The lowest BCUT2D eigenvalue weighted by atomic mass is 9.84. The van der Waals surface area contributed by atoms with E-state index in [1.807, 2.05) is 6.07 Å². The highest BCUT2D eigenvalue weighted by Gasteiger charge is 2.34. The minimum absolute atomic E-state index is 0.00819. The van der Waals surface area contributed by atoms with Gasteiger partial charge in [0.15, 0.2) is 0 Å². The van der Waals surface area contributed by atoms with Crippen LogP contribution in [0.4, 0.5) is 4.39 Å². The Kier molecular flexibility index (Phi) is 7.20. The Labute approximate surface area is 143 Å². The molecule has 0 aromatic heterocycles. The van der Waals surface area contributed by atoms with Gasteiger partial charge in [-0.3, -0.25) is 4.79 Å². The quantitative estimate of drug-likeness (QED) is 0.905. The van der Waals surface area contributed by atoms with Crippen molar-refractivity contribution >= 4 is 5.91 Å². The van der Waals surface area contributed by atoms with Crippen molar-refractivity contribution in [2.24, 2.45) is 5.73 Å². The Morgan fingerprint density at radius 2 is 1.92 bits per heavy atom. The second-order valence-electron chi connectivity index (χ2n) is 6.47. The number of carbonyl (C=O) groups excluding carboxylic acids is 1. The van der Waals surface area contributed by atoms with Gasteiger partial charge in [0.1, 0.15) is 12.2 Å². The van der Waals surface area contributed by atoms with E-state index in [1.165, 1.54) is 37.0 Å². The predicted octanol–water partition coefficient (Wildman–Crippen LogP) is 3.14. The van der Waals surface area contributed by atoms with Crippen molar-refractivity contribution in [2.75, 3.05) is 13.1 Å². The van der Waals surface area contributed by atoms with Crippen LogP contribution in [0, 0.1) is 11.3 Å². The molecule has 1 aromatic carbocycles. The predicted molar refractivity (Wildman–Crippen MR) is 91.9 cm³/mol. The van der Waals surface area contributed by atoms with Gasteiger partial charge in [0.2, 0.25) is 5.91 Å². The van der Waals surface area contributed by atoms with Crippen LogP contribution in [0.25, 0.3) is 0 Å². The molecule has 1 aliphatic heterocycles. The van der Waals surface area contributed by atoms with Crippen molar-refractivity contribution in [2.45, 2.75) is 56.7 Å². The summed E-state index contributed by atoms with van der Waals surface area (Å²) in [4.78, 5) is 12.2. The highest BCUT2D eigenvalue weighted by atomic mass is 19.1. The molecule has 2 N–H and O–H groups in total. The van der Waals surface area contributed by atoms with Gasteiger partial charge in [-0.2, -0.15) is 5.26 Å². The standard InChI is InChI=1S/C12H16.C7H10FN3O/c1-3-7-11(8-4-1)12-9-5-2-6-10-12;8-5-1-6(2-9)11(4-5)7(12)3-10/h1,3-4,7-8,12H,2,5-6,9-10H2;5-6H,1,3-4,10H2. The second-order valence-corrected chi connectivity index (χ2v) is 6.47. The van der Waals surface area contributed by atoms with Crippen molar-refractivity contribution in [3.05, 3.63) is 35.9 Å². The van der Waals surface area contributed by atoms with E-state index in [4.69, 9.17) is 11.0 Å². The third-order valence-corrected chi connectivity index (χ3v) is 4.77. The van der Waals surface area contributed by atoms with Gasteiger partial charge in [0.25, 0.3) is 0 Å². The highest BCUT2D eigenvalue weighted by Crippen LogP contribution is 2.32. The van der Waals surface area contributed by atoms with Crippen LogP contribution in [-0.4, -0.2) is 36.1 Å². The van der Waals surface area contributed by atoms with E-state index in [0.717, 1.165) is 5.92 Å². The van der Waals surface area contributed by atoms with Gasteiger partial charge in [-0.15, -0.1) is 0 Å². The molecule has 130 valence electrons. The number of likely N-dealkylation sites (tertiary alicyclic amines) is 1. The second kappa shape index (κ2) is 9.39. The molecule has 0 radical (unpaired) electrons. The highest BCUT2D eigenvalue weighted by molar-refractivity contribution is 5.79. The largest absolute Gasteiger partial charge is 0.323 e. The number of hydrogen-bond donors (Lipinski definition) is 1. The Bertz CT molecular complexity index is 551. The molecule has 3 rings (SSSR count). The van der Waals surface area contributed by atoms with Crippen molar-refractivity contribution in [1.82, 2.24) is 4.90 Å². The molecule has 1 saturated carbocycles. The van der Waals surface area contributed by atoms with E-state index < -0.39 is 12.2 Å². The number of nitriles is 1. The number of halogens is 1. The number of carbonyl (C=O) groups is 1. The third-order valence-electron chi connectivity index (χ3n) is 4.77. The first-order chi connectivity index (χ1) is 11.7. The summed E-state index contributed by atoms with van der Waals surface area (Å²) in [5.74, 6) is 0.502. The molecule has 4 nitrogen and oxygen atoms in total. The topological polar surface area (TPSA) is 70.1 Å². The van der Waals surface area contributed by atoms with Crippen LogP contribution in [-0.2, 0) is 4.79 Å². The minimum Gasteiger partial charge on any atom is -0.323 e. The molecule has 24 heavy (non-hydrogen) atoms. The first kappa shape index (κ1) is 18.4. The summed E-state index contributed by atoms with van der Waals surface area (Å²) in [7, 11) is 0. The molecule has 5 heteroatoms. The van der Waals surface area contributed by atoms with Crippen LogP contribution in [0.1, 0.15) is 50.0 Å². The fourth-order valence-corrected chi connectivity index (χ4v) is 3.46. The van der Waals surface area contributed by atoms with Crippen molar-refractivity contribution in [3.63, 3.8) is 0 Å². The molecule has 2 atom stereocenters. The zero-order valence-corrected chi connectivity index (χ0v) is 14.0. The van der Waals surface area contributed by atoms with Gasteiger partial charge >= 0.3 is 0 Å². The minimum atomic E-state index is -1.08. The summed E-state index contributed by atoms with van der Waals surface area (Å²) < 4.78 is 12.7. The number of nitrogens with two attached hydrogens (primary N) is 1. The van der Waals surface area contributed by atoms with Crippen molar-refractivity contribution in [1.29, 1.82) is 5.26 Å². The first-order valence-corrected chi connectivity index (χ1v) is 8.74. The fourth-order valence-electron chi connectivity index (χ4n) is 3.46. The SMILES string of the molecule is N#CC1CC(F)CN1C(=O)CN.c1ccc(C2CCCCC2)cc1. The lowest BCUT2D eigenvalue weighted by Crippen LogP contribution is -2.39. The Balaban J connectivity index is 0.000000174. The van der Waals surface area contributed by atoms with Gasteiger partial charge in [0, 0.05) is 6.42 Å². The molecule has 1 aliphatic carbocycles. The van der Waals surface area contributed by atoms with Crippen LogP contribution in [0.3, 0.4) is 0 Å². The number of rotatable bonds is 2. The fraction of sp³-hybridized carbons (Fsp3) is 0.579. The van der Waals surface area contributed by atoms with Gasteiger partial charge < -0.3 is 10.6 Å². The van der Waals surface area contributed by atoms with Crippen LogP contribution < -0.4 is 5.73 Å². The summed E-state index contributed by atoms with van der Waals surface area (Å²) in [5, 5.41) is 8.55. The van der Waals surface area contributed by atoms with Crippen LogP contribution in [0.15, 0.2) is 30.3 Å². The maximum absolute atomic E-state index is 12.7. The van der Waals surface area contributed by atoms with Crippen LogP contribution >= 0.6 is 0 Å². The van der Waals surface area contributed by atoms with Crippen LogP contribution in [0.5, 0.6) is 0 Å². The molecule has 1 amide bonds. The van der Waals surface area contributed by atoms with E-state index in [1.54, 1.807) is 5.56 Å². The third kappa shape index (κ3) is 5.04. The lowest BCUT2D eigenvalue weighted by Gasteiger charge is -2.21. The molecule has 1 aromatic rings. The average Bonchev–Trinajstić information content (AvgIpc) is 3.04. The summed E-state index contributed by atoms with van der Waals surface area (Å²) in [6, 6.07) is 12.2. The van der Waals surface area contributed by atoms with E-state index in [-0.39, 0.29) is 25.4 Å². The van der Waals surface area contributed by atoms with E-state index in [0.29, 0.717) is 0 Å². The maximum atomic E-state index is 12.7. The zero-order chi connectivity index (χ0) is 17.4. The Hall–Kier alpha value is -1.93.